The maximum absolute atomic E-state index is 13.2. The summed E-state index contributed by atoms with van der Waals surface area (Å²) in [4.78, 5) is 28.0. The standard InChI is InChI=1S/C27H23NO4/c1-16-8-10-21(14-17(16)2)28-24(18-6-4-3-5-7-18)23(26(30)27(28)31)25(29)20-9-11-22-19(15-20)12-13-32-22/h3-11,14-15,24,29H,12-13H2,1-2H3/b25-23-. The zero-order chi connectivity index (χ0) is 22.4. The first kappa shape index (κ1) is 20.1. The second-order valence-corrected chi connectivity index (χ2v) is 8.27. The number of rotatable bonds is 3. The summed E-state index contributed by atoms with van der Waals surface area (Å²) in [5, 5.41) is 11.3. The van der Waals surface area contributed by atoms with Crippen LogP contribution in [0.5, 0.6) is 5.75 Å². The predicted octanol–water partition coefficient (Wildman–Crippen LogP) is 4.86. The largest absolute Gasteiger partial charge is 0.507 e. The van der Waals surface area contributed by atoms with Gasteiger partial charge in [-0.15, -0.1) is 0 Å². The fraction of sp³-hybridized carbons (Fsp3) is 0.185. The first-order chi connectivity index (χ1) is 15.5. The normalized spacial score (nSPS) is 19.2. The van der Waals surface area contributed by atoms with Crippen molar-refractivity contribution in [1.82, 2.24) is 0 Å². The molecule has 1 unspecified atom stereocenters. The zero-order valence-corrected chi connectivity index (χ0v) is 18.0. The molecule has 0 bridgehead atoms. The van der Waals surface area contributed by atoms with E-state index in [1.807, 2.05) is 68.4 Å². The molecule has 32 heavy (non-hydrogen) atoms. The Labute approximate surface area is 186 Å². The molecule has 3 aromatic rings. The van der Waals surface area contributed by atoms with E-state index in [-0.39, 0.29) is 11.3 Å². The second kappa shape index (κ2) is 7.68. The van der Waals surface area contributed by atoms with Gasteiger partial charge in [0, 0.05) is 17.7 Å². The minimum Gasteiger partial charge on any atom is -0.507 e. The predicted molar refractivity (Wildman–Crippen MR) is 123 cm³/mol. The molecule has 2 aliphatic rings. The van der Waals surface area contributed by atoms with Crippen LogP contribution in [0.25, 0.3) is 5.76 Å². The van der Waals surface area contributed by atoms with Crippen LogP contribution in [0, 0.1) is 13.8 Å². The van der Waals surface area contributed by atoms with Gasteiger partial charge in [-0.3, -0.25) is 14.5 Å². The number of aliphatic hydroxyl groups excluding tert-OH is 1. The highest BCUT2D eigenvalue weighted by Crippen LogP contribution is 2.43. The van der Waals surface area contributed by atoms with Gasteiger partial charge in [-0.1, -0.05) is 36.4 Å². The summed E-state index contributed by atoms with van der Waals surface area (Å²) >= 11 is 0. The topological polar surface area (TPSA) is 66.8 Å². The van der Waals surface area contributed by atoms with Crippen molar-refractivity contribution < 1.29 is 19.4 Å². The van der Waals surface area contributed by atoms with Gasteiger partial charge in [0.25, 0.3) is 11.7 Å². The number of Topliss-reactive ketones (excluding diaryl/α,β-unsaturated/α-hetero) is 1. The summed E-state index contributed by atoms with van der Waals surface area (Å²) in [5.41, 5.74) is 5.10. The summed E-state index contributed by atoms with van der Waals surface area (Å²) in [7, 11) is 0. The summed E-state index contributed by atoms with van der Waals surface area (Å²) in [6, 6.07) is 19.7. The van der Waals surface area contributed by atoms with E-state index < -0.39 is 17.7 Å². The van der Waals surface area contributed by atoms with E-state index >= 15 is 0 Å². The summed E-state index contributed by atoms with van der Waals surface area (Å²) in [6.45, 7) is 4.57. The summed E-state index contributed by atoms with van der Waals surface area (Å²) in [6.07, 6.45) is 0.746. The van der Waals surface area contributed by atoms with Crippen molar-refractivity contribution in [2.45, 2.75) is 26.3 Å². The average Bonchev–Trinajstić information content (AvgIpc) is 3.38. The van der Waals surface area contributed by atoms with Crippen LogP contribution >= 0.6 is 0 Å². The van der Waals surface area contributed by atoms with Crippen molar-refractivity contribution in [2.75, 3.05) is 11.5 Å². The van der Waals surface area contributed by atoms with Gasteiger partial charge in [-0.25, -0.2) is 0 Å². The highest BCUT2D eigenvalue weighted by molar-refractivity contribution is 6.51. The minimum absolute atomic E-state index is 0.0956. The van der Waals surface area contributed by atoms with Gasteiger partial charge in [-0.05, 0) is 66.4 Å². The lowest BCUT2D eigenvalue weighted by Crippen LogP contribution is -2.29. The van der Waals surface area contributed by atoms with E-state index in [0.717, 1.165) is 34.4 Å². The second-order valence-electron chi connectivity index (χ2n) is 8.27. The Morgan fingerprint density at radius 2 is 1.75 bits per heavy atom. The number of carbonyl (C=O) groups is 2. The third-order valence-corrected chi connectivity index (χ3v) is 6.29. The lowest BCUT2D eigenvalue weighted by Gasteiger charge is -2.26. The molecule has 0 aromatic heterocycles. The van der Waals surface area contributed by atoms with Gasteiger partial charge in [-0.2, -0.15) is 0 Å². The van der Waals surface area contributed by atoms with Crippen molar-refractivity contribution in [3.8, 4) is 5.75 Å². The Balaban J connectivity index is 1.70. The monoisotopic (exact) mass is 425 g/mol. The number of anilines is 1. The van der Waals surface area contributed by atoms with Crippen LogP contribution in [0.3, 0.4) is 0 Å². The Kier molecular flexibility index (Phi) is 4.82. The van der Waals surface area contributed by atoms with Crippen molar-refractivity contribution in [1.29, 1.82) is 0 Å². The van der Waals surface area contributed by atoms with E-state index in [0.29, 0.717) is 17.9 Å². The SMILES string of the molecule is Cc1ccc(N2C(=O)C(=O)/C(=C(\O)c3ccc4c(c3)CCO4)C2c2ccccc2)cc1C. The molecule has 2 aliphatic heterocycles. The molecule has 0 spiro atoms. The van der Waals surface area contributed by atoms with Crippen LogP contribution < -0.4 is 9.64 Å². The fourth-order valence-corrected chi connectivity index (χ4v) is 4.41. The number of nitrogens with zero attached hydrogens (tertiary/aromatic N) is 1. The quantitative estimate of drug-likeness (QED) is 0.370. The molecule has 5 heteroatoms. The van der Waals surface area contributed by atoms with Crippen LogP contribution in [0.2, 0.25) is 0 Å². The van der Waals surface area contributed by atoms with Crippen LogP contribution in [0.1, 0.15) is 33.9 Å². The number of ether oxygens (including phenoxy) is 1. The van der Waals surface area contributed by atoms with Gasteiger partial charge in [0.2, 0.25) is 0 Å². The maximum atomic E-state index is 13.2. The molecule has 1 amide bonds. The van der Waals surface area contributed by atoms with Crippen LogP contribution in [0.15, 0.2) is 72.3 Å². The van der Waals surface area contributed by atoms with Crippen molar-refractivity contribution in [2.24, 2.45) is 0 Å². The Bertz CT molecular complexity index is 1280. The molecule has 1 fully saturated rings. The third-order valence-electron chi connectivity index (χ3n) is 6.29. The average molecular weight is 425 g/mol. The Morgan fingerprint density at radius 3 is 2.50 bits per heavy atom. The van der Waals surface area contributed by atoms with Gasteiger partial charge in [0.05, 0.1) is 18.2 Å². The zero-order valence-electron chi connectivity index (χ0n) is 18.0. The number of hydrogen-bond donors (Lipinski definition) is 1. The number of benzene rings is 3. The summed E-state index contributed by atoms with van der Waals surface area (Å²) < 4.78 is 5.56. The molecule has 1 N–H and O–H groups in total. The number of aryl methyl sites for hydroxylation is 2. The molecular formula is C27H23NO4. The summed E-state index contributed by atoms with van der Waals surface area (Å²) in [5.74, 6) is -0.713. The molecule has 0 aliphatic carbocycles. The molecule has 5 nitrogen and oxygen atoms in total. The van der Waals surface area contributed by atoms with Gasteiger partial charge < -0.3 is 9.84 Å². The molecule has 5 rings (SSSR count). The lowest BCUT2D eigenvalue weighted by atomic mass is 9.94. The van der Waals surface area contributed by atoms with E-state index in [2.05, 4.69) is 0 Å². The van der Waals surface area contributed by atoms with Crippen LogP contribution in [-0.2, 0) is 16.0 Å². The van der Waals surface area contributed by atoms with E-state index in [4.69, 9.17) is 4.74 Å². The van der Waals surface area contributed by atoms with Gasteiger partial charge >= 0.3 is 0 Å². The molecule has 0 radical (unpaired) electrons. The number of aliphatic hydroxyl groups is 1. The molecular weight excluding hydrogens is 402 g/mol. The van der Waals surface area contributed by atoms with Crippen LogP contribution in [0.4, 0.5) is 5.69 Å². The lowest BCUT2D eigenvalue weighted by molar-refractivity contribution is -0.132. The third kappa shape index (κ3) is 3.17. The van der Waals surface area contributed by atoms with Crippen LogP contribution in [-0.4, -0.2) is 23.4 Å². The minimum atomic E-state index is -0.720. The molecule has 160 valence electrons. The highest BCUT2D eigenvalue weighted by Gasteiger charge is 2.47. The van der Waals surface area contributed by atoms with Crippen molar-refractivity contribution in [3.05, 3.63) is 100 Å². The molecule has 1 saturated heterocycles. The first-order valence-corrected chi connectivity index (χ1v) is 10.6. The Morgan fingerprint density at radius 1 is 0.969 bits per heavy atom. The Hall–Kier alpha value is -3.86. The van der Waals surface area contributed by atoms with Gasteiger partial charge in [0.15, 0.2) is 0 Å². The highest BCUT2D eigenvalue weighted by atomic mass is 16.5. The first-order valence-electron chi connectivity index (χ1n) is 10.6. The van der Waals surface area contributed by atoms with Gasteiger partial charge in [0.1, 0.15) is 11.5 Å². The number of amides is 1. The smallest absolute Gasteiger partial charge is 0.300 e. The van der Waals surface area contributed by atoms with E-state index in [1.54, 1.807) is 12.1 Å². The number of carbonyl (C=O) groups excluding carboxylic acids is 2. The molecule has 0 saturated carbocycles. The van der Waals surface area contributed by atoms with Crippen molar-refractivity contribution >= 4 is 23.1 Å². The number of fused-ring (bicyclic) bond motifs is 1. The number of ketones is 1. The fourth-order valence-electron chi connectivity index (χ4n) is 4.41. The maximum Gasteiger partial charge on any atom is 0.300 e. The molecule has 3 aromatic carbocycles. The number of hydrogen-bond acceptors (Lipinski definition) is 4. The van der Waals surface area contributed by atoms with E-state index in [1.165, 1.54) is 4.90 Å². The molecule has 1 atom stereocenters. The molecule has 2 heterocycles. The van der Waals surface area contributed by atoms with Crippen molar-refractivity contribution in [3.63, 3.8) is 0 Å². The van der Waals surface area contributed by atoms with E-state index in [9.17, 15) is 14.7 Å².